The van der Waals surface area contributed by atoms with Crippen molar-refractivity contribution < 1.29 is 27.6 Å². The van der Waals surface area contributed by atoms with Crippen molar-refractivity contribution in [1.29, 1.82) is 0 Å². The average Bonchev–Trinajstić information content (AvgIpc) is 3.25. The molecule has 8 nitrogen and oxygen atoms in total. The Balaban J connectivity index is 1.65. The largest absolute Gasteiger partial charge is 0.433 e. The van der Waals surface area contributed by atoms with Crippen LogP contribution in [-0.2, 0) is 11.8 Å². The number of amides is 1. The van der Waals surface area contributed by atoms with Gasteiger partial charge in [0.05, 0.1) is 6.04 Å². The second-order valence-corrected chi connectivity index (χ2v) is 8.05. The molecule has 168 valence electrons. The van der Waals surface area contributed by atoms with Gasteiger partial charge in [-0.25, -0.2) is 4.98 Å². The highest BCUT2D eigenvalue weighted by atomic mass is 19.4. The van der Waals surface area contributed by atoms with Gasteiger partial charge in [-0.1, -0.05) is 29.1 Å². The smallest absolute Gasteiger partial charge is 0.371 e. The summed E-state index contributed by atoms with van der Waals surface area (Å²) in [5.41, 5.74) is 3.91. The molecule has 11 heteroatoms. The molecule has 2 aliphatic heterocycles. The van der Waals surface area contributed by atoms with Crippen LogP contribution in [0.2, 0.25) is 0 Å². The number of hydrogen-bond donors (Lipinski definition) is 2. The number of rotatable bonds is 2. The number of nitrogens with zero attached hydrogens (tertiary/aromatic N) is 4. The van der Waals surface area contributed by atoms with Crippen molar-refractivity contribution in [2.24, 2.45) is 5.73 Å². The molecule has 3 N–H and O–H groups in total. The molecule has 2 atom stereocenters. The van der Waals surface area contributed by atoms with E-state index in [0.717, 1.165) is 10.1 Å². The number of aromatic nitrogens is 4. The fourth-order valence-electron chi connectivity index (χ4n) is 4.01. The van der Waals surface area contributed by atoms with Crippen LogP contribution < -0.4 is 5.73 Å². The van der Waals surface area contributed by atoms with Gasteiger partial charge in [-0.05, 0) is 36.6 Å². The van der Waals surface area contributed by atoms with Crippen molar-refractivity contribution >= 4 is 11.5 Å². The van der Waals surface area contributed by atoms with Crippen LogP contribution in [0.3, 0.4) is 0 Å². The lowest BCUT2D eigenvalue weighted by atomic mass is 9.86. The average molecular weight is 455 g/mol. The van der Waals surface area contributed by atoms with Crippen LogP contribution in [0.25, 0.3) is 17.0 Å². The molecule has 6 rings (SSSR count). The summed E-state index contributed by atoms with van der Waals surface area (Å²) in [4.78, 5) is 19.8. The number of allylic oxidation sites excluding steroid dienone is 2. The Morgan fingerprint density at radius 3 is 2.64 bits per heavy atom. The van der Waals surface area contributed by atoms with Gasteiger partial charge >= 0.3 is 6.18 Å². The molecule has 33 heavy (non-hydrogen) atoms. The van der Waals surface area contributed by atoms with E-state index in [2.05, 4.69) is 27.0 Å². The summed E-state index contributed by atoms with van der Waals surface area (Å²) in [5, 5.41) is 14.2. The third-order valence-electron chi connectivity index (χ3n) is 5.59. The molecule has 3 aromatic rings. The first-order valence-electron chi connectivity index (χ1n) is 9.87. The van der Waals surface area contributed by atoms with Crippen LogP contribution in [-0.4, -0.2) is 30.7 Å². The van der Waals surface area contributed by atoms with Crippen molar-refractivity contribution in [1.82, 2.24) is 19.7 Å². The zero-order valence-corrected chi connectivity index (χ0v) is 17.4. The van der Waals surface area contributed by atoms with E-state index in [4.69, 9.17) is 10.3 Å². The van der Waals surface area contributed by atoms with Gasteiger partial charge in [-0.2, -0.15) is 18.2 Å². The molecule has 3 aliphatic rings. The van der Waals surface area contributed by atoms with Gasteiger partial charge in [0, 0.05) is 18.1 Å². The van der Waals surface area contributed by atoms with Crippen LogP contribution in [0.1, 0.15) is 58.4 Å². The predicted molar refractivity (Wildman–Crippen MR) is 108 cm³/mol. The Bertz CT molecular complexity index is 1420. The van der Waals surface area contributed by atoms with Gasteiger partial charge in [0.15, 0.2) is 17.0 Å². The summed E-state index contributed by atoms with van der Waals surface area (Å²) in [7, 11) is 0. The maximum Gasteiger partial charge on any atom is 0.433 e. The van der Waals surface area contributed by atoms with E-state index in [1.165, 1.54) is 6.92 Å². The Hall–Kier alpha value is -3.91. The Kier molecular flexibility index (Phi) is 4.31. The number of benzene rings is 1. The number of alkyl halides is 3. The van der Waals surface area contributed by atoms with Crippen LogP contribution >= 0.6 is 0 Å². The van der Waals surface area contributed by atoms with E-state index in [1.54, 1.807) is 31.2 Å². The highest BCUT2D eigenvalue weighted by Gasteiger charge is 2.45. The molecule has 1 amide bonds. The molecule has 0 fully saturated rings. The number of primary amides is 1. The minimum Gasteiger partial charge on any atom is -0.371 e. The second kappa shape index (κ2) is 6.79. The second-order valence-electron chi connectivity index (χ2n) is 8.05. The van der Waals surface area contributed by atoms with Gasteiger partial charge < -0.3 is 19.9 Å². The van der Waals surface area contributed by atoms with Crippen LogP contribution in [0.4, 0.5) is 13.2 Å². The SMILES string of the molecule is Cc1nc([C@](C)(O)C#Cc2ccc3c(c2)-c2nc(C(N)=O)c(C(F)(F)F)n2C2C=C3C2)no1. The van der Waals surface area contributed by atoms with Crippen molar-refractivity contribution in [2.75, 3.05) is 0 Å². The van der Waals surface area contributed by atoms with Gasteiger partial charge in [-0.15, -0.1) is 0 Å². The maximum absolute atomic E-state index is 13.9. The molecule has 2 bridgehead atoms. The molecule has 1 unspecified atom stereocenters. The molecular formula is C22H16F3N5O3. The molecule has 0 spiro atoms. The van der Waals surface area contributed by atoms with E-state index < -0.39 is 35.1 Å². The fraction of sp³-hybridized carbons (Fsp3) is 0.273. The minimum atomic E-state index is -4.82. The lowest BCUT2D eigenvalue weighted by molar-refractivity contribution is -0.144. The molecule has 0 saturated carbocycles. The first-order valence-corrected chi connectivity index (χ1v) is 9.87. The molecular weight excluding hydrogens is 439 g/mol. The number of imidazole rings is 1. The van der Waals surface area contributed by atoms with Crippen LogP contribution in [0, 0.1) is 18.8 Å². The number of aryl methyl sites for hydroxylation is 1. The molecule has 4 heterocycles. The van der Waals surface area contributed by atoms with Crippen molar-refractivity contribution in [3.8, 4) is 23.2 Å². The lowest BCUT2D eigenvalue weighted by Crippen LogP contribution is -2.24. The highest BCUT2D eigenvalue weighted by Crippen LogP contribution is 2.50. The van der Waals surface area contributed by atoms with Crippen molar-refractivity contribution in [2.45, 2.75) is 38.1 Å². The summed E-state index contributed by atoms with van der Waals surface area (Å²) in [5.74, 6) is 4.45. The first kappa shape index (κ1) is 21.0. The van der Waals surface area contributed by atoms with E-state index in [9.17, 15) is 23.1 Å². The van der Waals surface area contributed by atoms with Gasteiger partial charge in [0.2, 0.25) is 11.7 Å². The zero-order chi connectivity index (χ0) is 23.7. The van der Waals surface area contributed by atoms with E-state index in [1.807, 2.05) is 0 Å². The summed E-state index contributed by atoms with van der Waals surface area (Å²) in [6, 6.07) is 4.41. The minimum absolute atomic E-state index is 0.00954. The predicted octanol–water partition coefficient (Wildman–Crippen LogP) is 2.96. The maximum atomic E-state index is 13.9. The summed E-state index contributed by atoms with van der Waals surface area (Å²) < 4.78 is 47.5. The molecule has 2 aromatic heterocycles. The van der Waals surface area contributed by atoms with Crippen molar-refractivity contribution in [3.63, 3.8) is 0 Å². The number of carbonyl (C=O) groups excluding carboxylic acids is 1. The third-order valence-corrected chi connectivity index (χ3v) is 5.59. The molecule has 0 radical (unpaired) electrons. The quantitative estimate of drug-likeness (QED) is 0.574. The van der Waals surface area contributed by atoms with E-state index in [0.29, 0.717) is 23.1 Å². The van der Waals surface area contributed by atoms with E-state index in [-0.39, 0.29) is 17.5 Å². The number of hydrogen-bond acceptors (Lipinski definition) is 6. The standard InChI is InChI=1S/C22H16F3N5O3/c1-10-27-20(29-33-10)21(2,32)6-5-11-3-4-14-12-8-13(9-12)30-17(22(23,24)25)16(18(26)31)28-19(30)15(14)7-11/h3-4,7-8,13,32H,9H2,1-2H3,(H2,26,31)/t13?,21-/m1/s1. The summed E-state index contributed by atoms with van der Waals surface area (Å²) in [6.45, 7) is 2.97. The fourth-order valence-corrected chi connectivity index (χ4v) is 4.01. The normalized spacial score (nSPS) is 18.0. The third kappa shape index (κ3) is 3.30. The molecule has 1 aromatic carbocycles. The first-order chi connectivity index (χ1) is 15.5. The van der Waals surface area contributed by atoms with E-state index >= 15 is 0 Å². The van der Waals surface area contributed by atoms with Gasteiger partial charge in [0.1, 0.15) is 5.82 Å². The Morgan fingerprint density at radius 2 is 2.03 bits per heavy atom. The molecule has 1 aliphatic carbocycles. The topological polar surface area (TPSA) is 120 Å². The van der Waals surface area contributed by atoms with Crippen LogP contribution in [0.5, 0.6) is 0 Å². The monoisotopic (exact) mass is 455 g/mol. The highest BCUT2D eigenvalue weighted by molar-refractivity contribution is 5.94. The Morgan fingerprint density at radius 1 is 1.30 bits per heavy atom. The van der Waals surface area contributed by atoms with Gasteiger partial charge in [-0.3, -0.25) is 4.79 Å². The number of halogens is 3. The summed E-state index contributed by atoms with van der Waals surface area (Å²) in [6.07, 6.45) is -2.73. The molecule has 0 saturated heterocycles. The number of carbonyl (C=O) groups is 1. The Labute approximate surface area is 184 Å². The number of aliphatic hydroxyl groups is 1. The number of nitrogens with two attached hydrogens (primary N) is 1. The lowest BCUT2D eigenvalue weighted by Gasteiger charge is -2.27. The summed E-state index contributed by atoms with van der Waals surface area (Å²) >= 11 is 0. The zero-order valence-electron chi connectivity index (χ0n) is 17.4. The van der Waals surface area contributed by atoms with Gasteiger partial charge in [0.25, 0.3) is 5.91 Å². The van der Waals surface area contributed by atoms with Crippen LogP contribution in [0.15, 0.2) is 28.8 Å². The van der Waals surface area contributed by atoms with Crippen molar-refractivity contribution in [3.05, 3.63) is 58.5 Å².